The lowest BCUT2D eigenvalue weighted by Crippen LogP contribution is -2.22. The summed E-state index contributed by atoms with van der Waals surface area (Å²) < 4.78 is 18.5. The number of nitrogens with one attached hydrogen (secondary N) is 1. The second kappa shape index (κ2) is 8.65. The van der Waals surface area contributed by atoms with Gasteiger partial charge in [0.1, 0.15) is 23.6 Å². The number of ketones is 1. The maximum Gasteiger partial charge on any atom is 0.162 e. The molecule has 2 heterocycles. The summed E-state index contributed by atoms with van der Waals surface area (Å²) in [6, 6.07) is 7.70. The van der Waals surface area contributed by atoms with Gasteiger partial charge < -0.3 is 4.52 Å². The van der Waals surface area contributed by atoms with Gasteiger partial charge in [0, 0.05) is 18.8 Å². The number of nitrogens with zero attached hydrogens (tertiary/aromatic N) is 3. The van der Waals surface area contributed by atoms with Crippen LogP contribution < -0.4 is 5.48 Å². The molecule has 0 aliphatic carbocycles. The van der Waals surface area contributed by atoms with Crippen molar-refractivity contribution in [3.05, 3.63) is 76.1 Å². The van der Waals surface area contributed by atoms with E-state index >= 15 is 0 Å². The summed E-state index contributed by atoms with van der Waals surface area (Å²) in [5.41, 5.74) is 3.80. The van der Waals surface area contributed by atoms with Crippen LogP contribution in [0.25, 0.3) is 0 Å². The fraction of sp³-hybridized carbons (Fsp3) is 0.111. The molecule has 1 aromatic carbocycles. The lowest BCUT2D eigenvalue weighted by molar-refractivity contribution is -0.117. The highest BCUT2D eigenvalue weighted by molar-refractivity contribution is 9.10. The number of hydrogen-bond donors (Lipinski definition) is 2. The standard InChI is InChI=1S/C18H14BrFN4O3/c19-15-7-12(3-4-16(15)20)22-18(23-26)14-10-27-24-17(14)8-13(25)6-11-2-1-5-21-9-11/h1-5,7,9-10,26H,6,8H2,(H,22,23). The number of hydroxylamine groups is 1. The lowest BCUT2D eigenvalue weighted by Gasteiger charge is -2.05. The highest BCUT2D eigenvalue weighted by Gasteiger charge is 2.17. The lowest BCUT2D eigenvalue weighted by atomic mass is 10.1. The molecule has 0 amide bonds. The van der Waals surface area contributed by atoms with E-state index in [1.165, 1.54) is 24.5 Å². The van der Waals surface area contributed by atoms with Gasteiger partial charge in [0.25, 0.3) is 0 Å². The SMILES string of the molecule is O=C(Cc1cccnc1)Cc1nocc1C(=Nc1ccc(F)c(Br)c1)NO. The first-order valence-corrected chi connectivity index (χ1v) is 8.64. The number of carbonyl (C=O) groups is 1. The van der Waals surface area contributed by atoms with Crippen molar-refractivity contribution >= 4 is 33.2 Å². The molecule has 0 aliphatic heterocycles. The van der Waals surface area contributed by atoms with Gasteiger partial charge in [-0.15, -0.1) is 0 Å². The minimum Gasteiger partial charge on any atom is -0.364 e. The van der Waals surface area contributed by atoms with Gasteiger partial charge in [0.15, 0.2) is 5.84 Å². The molecule has 0 spiro atoms. The highest BCUT2D eigenvalue weighted by atomic mass is 79.9. The Morgan fingerprint density at radius 2 is 2.19 bits per heavy atom. The largest absolute Gasteiger partial charge is 0.364 e. The van der Waals surface area contributed by atoms with E-state index in [-0.39, 0.29) is 28.9 Å². The number of pyridine rings is 1. The molecule has 0 aliphatic rings. The van der Waals surface area contributed by atoms with E-state index in [1.807, 2.05) is 11.5 Å². The van der Waals surface area contributed by atoms with Crippen molar-refractivity contribution in [2.75, 3.05) is 0 Å². The van der Waals surface area contributed by atoms with Crippen molar-refractivity contribution in [1.29, 1.82) is 0 Å². The van der Waals surface area contributed by atoms with Gasteiger partial charge >= 0.3 is 0 Å². The van der Waals surface area contributed by atoms with E-state index in [1.54, 1.807) is 18.5 Å². The normalized spacial score (nSPS) is 11.4. The Morgan fingerprint density at radius 3 is 2.89 bits per heavy atom. The molecule has 2 N–H and O–H groups in total. The average Bonchev–Trinajstić information content (AvgIpc) is 3.11. The Balaban J connectivity index is 1.80. The third-order valence-electron chi connectivity index (χ3n) is 3.64. The Bertz CT molecular complexity index is 976. The van der Waals surface area contributed by atoms with Crippen LogP contribution in [-0.4, -0.2) is 27.0 Å². The quantitative estimate of drug-likeness (QED) is 0.351. The Kier molecular flexibility index (Phi) is 6.05. The Morgan fingerprint density at radius 1 is 1.33 bits per heavy atom. The molecule has 0 radical (unpaired) electrons. The minimum absolute atomic E-state index is 0.00542. The van der Waals surface area contributed by atoms with E-state index < -0.39 is 5.82 Å². The molecule has 138 valence electrons. The zero-order chi connectivity index (χ0) is 19.2. The van der Waals surface area contributed by atoms with Crippen LogP contribution in [0, 0.1) is 5.82 Å². The molecule has 7 nitrogen and oxygen atoms in total. The zero-order valence-corrected chi connectivity index (χ0v) is 15.5. The first-order valence-electron chi connectivity index (χ1n) is 7.85. The number of hydrogen-bond acceptors (Lipinski definition) is 6. The fourth-order valence-electron chi connectivity index (χ4n) is 2.39. The molecule has 3 aromatic rings. The highest BCUT2D eigenvalue weighted by Crippen LogP contribution is 2.23. The smallest absolute Gasteiger partial charge is 0.162 e. The second-order valence-corrected chi connectivity index (χ2v) is 6.45. The van der Waals surface area contributed by atoms with Gasteiger partial charge in [0.05, 0.1) is 22.1 Å². The van der Waals surface area contributed by atoms with Gasteiger partial charge in [0.2, 0.25) is 0 Å². The van der Waals surface area contributed by atoms with Crippen molar-refractivity contribution in [2.45, 2.75) is 12.8 Å². The van der Waals surface area contributed by atoms with Gasteiger partial charge in [-0.2, -0.15) is 0 Å². The van der Waals surface area contributed by atoms with Crippen LogP contribution in [0.5, 0.6) is 0 Å². The number of aliphatic imine (C=N–C) groups is 1. The summed E-state index contributed by atoms with van der Waals surface area (Å²) in [4.78, 5) is 20.5. The van der Waals surface area contributed by atoms with Crippen molar-refractivity contribution in [2.24, 2.45) is 4.99 Å². The summed E-state index contributed by atoms with van der Waals surface area (Å²) in [7, 11) is 0. The minimum atomic E-state index is -0.431. The van der Waals surface area contributed by atoms with Crippen LogP contribution in [0.15, 0.2) is 63.0 Å². The molecule has 3 rings (SSSR count). The first-order chi connectivity index (χ1) is 13.1. The topological polar surface area (TPSA) is 101 Å². The van der Waals surface area contributed by atoms with E-state index in [0.29, 0.717) is 16.9 Å². The van der Waals surface area contributed by atoms with Crippen LogP contribution in [0.4, 0.5) is 10.1 Å². The Hall–Kier alpha value is -2.91. The maximum atomic E-state index is 13.4. The van der Waals surface area contributed by atoms with Crippen molar-refractivity contribution in [3.8, 4) is 0 Å². The predicted octanol–water partition coefficient (Wildman–Crippen LogP) is 3.38. The number of carbonyl (C=O) groups excluding carboxylic acids is 1. The van der Waals surface area contributed by atoms with E-state index in [9.17, 15) is 14.4 Å². The third kappa shape index (κ3) is 4.83. The summed E-state index contributed by atoms with van der Waals surface area (Å²) >= 11 is 3.08. The summed E-state index contributed by atoms with van der Waals surface area (Å²) in [5.74, 6) is -0.502. The van der Waals surface area contributed by atoms with Crippen molar-refractivity contribution < 1.29 is 18.9 Å². The monoisotopic (exact) mass is 432 g/mol. The fourth-order valence-corrected chi connectivity index (χ4v) is 2.76. The van der Waals surface area contributed by atoms with Gasteiger partial charge in [-0.25, -0.2) is 9.38 Å². The average molecular weight is 433 g/mol. The van der Waals surface area contributed by atoms with E-state index in [0.717, 1.165) is 5.56 Å². The molecule has 0 fully saturated rings. The number of aromatic nitrogens is 2. The number of rotatable bonds is 6. The van der Waals surface area contributed by atoms with Gasteiger partial charge in [-0.3, -0.25) is 20.5 Å². The molecule has 27 heavy (non-hydrogen) atoms. The van der Waals surface area contributed by atoms with Crippen LogP contribution >= 0.6 is 15.9 Å². The summed E-state index contributed by atoms with van der Waals surface area (Å²) in [5, 5.41) is 13.3. The number of Topliss-reactive ketones (excluding diaryl/α,β-unsaturated/α-hetero) is 1. The second-order valence-electron chi connectivity index (χ2n) is 5.60. The van der Waals surface area contributed by atoms with Gasteiger partial charge in [-0.1, -0.05) is 11.2 Å². The van der Waals surface area contributed by atoms with E-state index in [2.05, 4.69) is 31.1 Å². The van der Waals surface area contributed by atoms with Crippen LogP contribution in [-0.2, 0) is 17.6 Å². The van der Waals surface area contributed by atoms with Crippen molar-refractivity contribution in [3.63, 3.8) is 0 Å². The van der Waals surface area contributed by atoms with Crippen LogP contribution in [0.3, 0.4) is 0 Å². The molecule has 0 saturated carbocycles. The Labute approximate surface area is 162 Å². The molecular formula is C18H14BrFN4O3. The molecule has 0 atom stereocenters. The van der Waals surface area contributed by atoms with Crippen LogP contribution in [0.2, 0.25) is 0 Å². The van der Waals surface area contributed by atoms with Crippen molar-refractivity contribution in [1.82, 2.24) is 15.6 Å². The number of amidine groups is 1. The molecular weight excluding hydrogens is 419 g/mol. The molecule has 2 aromatic heterocycles. The number of halogens is 2. The third-order valence-corrected chi connectivity index (χ3v) is 4.25. The summed E-state index contributed by atoms with van der Waals surface area (Å²) in [6.07, 6.45) is 4.72. The summed E-state index contributed by atoms with van der Waals surface area (Å²) in [6.45, 7) is 0. The number of benzene rings is 1. The maximum absolute atomic E-state index is 13.4. The first kappa shape index (κ1) is 18.9. The predicted molar refractivity (Wildman–Crippen MR) is 98.4 cm³/mol. The van der Waals surface area contributed by atoms with Gasteiger partial charge in [-0.05, 0) is 45.8 Å². The molecule has 0 saturated heterocycles. The van der Waals surface area contributed by atoms with Crippen LogP contribution in [0.1, 0.15) is 16.8 Å². The molecule has 9 heteroatoms. The zero-order valence-electron chi connectivity index (χ0n) is 13.9. The molecule has 0 bridgehead atoms. The van der Waals surface area contributed by atoms with E-state index in [4.69, 9.17) is 4.52 Å². The molecule has 0 unspecified atom stereocenters.